The van der Waals surface area contributed by atoms with E-state index in [1.807, 2.05) is 0 Å². The SMILES string of the molecule is CC(C)[C@@H]1CC[C@@H](C)C[C@@H]1OC(=O)CN1C=Nc2ccccc2S1(=O)=O. The quantitative estimate of drug-likeness (QED) is 0.753. The van der Waals surface area contributed by atoms with E-state index in [4.69, 9.17) is 4.74 Å². The van der Waals surface area contributed by atoms with Crippen LogP contribution in [0.3, 0.4) is 0 Å². The number of esters is 1. The van der Waals surface area contributed by atoms with Gasteiger partial charge in [-0.1, -0.05) is 39.3 Å². The Kier molecular flexibility index (Phi) is 5.37. The number of aliphatic imine (C=N–C) groups is 1. The molecule has 1 aromatic rings. The third-order valence-electron chi connectivity index (χ3n) is 5.31. The predicted molar refractivity (Wildman–Crippen MR) is 99.7 cm³/mol. The van der Waals surface area contributed by atoms with Gasteiger partial charge in [-0.2, -0.15) is 0 Å². The van der Waals surface area contributed by atoms with Gasteiger partial charge < -0.3 is 4.74 Å². The van der Waals surface area contributed by atoms with Crippen LogP contribution in [0.2, 0.25) is 0 Å². The lowest BCUT2D eigenvalue weighted by atomic mass is 9.75. The van der Waals surface area contributed by atoms with Gasteiger partial charge in [-0.25, -0.2) is 17.7 Å². The molecule has 1 aliphatic heterocycles. The van der Waals surface area contributed by atoms with Gasteiger partial charge >= 0.3 is 5.97 Å². The summed E-state index contributed by atoms with van der Waals surface area (Å²) in [6.07, 6.45) is 4.05. The molecule has 0 bridgehead atoms. The second-order valence-electron chi connectivity index (χ2n) is 7.62. The molecule has 0 aromatic heterocycles. The number of para-hydroxylation sites is 1. The lowest BCUT2D eigenvalue weighted by Gasteiger charge is -2.37. The topological polar surface area (TPSA) is 76.0 Å². The molecule has 1 aromatic carbocycles. The van der Waals surface area contributed by atoms with Gasteiger partial charge in [0, 0.05) is 0 Å². The fourth-order valence-corrected chi connectivity index (χ4v) is 5.14. The summed E-state index contributed by atoms with van der Waals surface area (Å²) in [5.41, 5.74) is 0.387. The van der Waals surface area contributed by atoms with E-state index in [1.54, 1.807) is 18.2 Å². The summed E-state index contributed by atoms with van der Waals surface area (Å²) < 4.78 is 32.0. The summed E-state index contributed by atoms with van der Waals surface area (Å²) in [7, 11) is -3.78. The van der Waals surface area contributed by atoms with Crippen LogP contribution in [0.5, 0.6) is 0 Å². The van der Waals surface area contributed by atoms with Crippen LogP contribution >= 0.6 is 0 Å². The molecular weight excluding hydrogens is 352 g/mol. The predicted octanol–water partition coefficient (Wildman–Crippen LogP) is 3.35. The summed E-state index contributed by atoms with van der Waals surface area (Å²) in [4.78, 5) is 16.7. The molecule has 0 saturated heterocycles. The molecule has 142 valence electrons. The van der Waals surface area contributed by atoms with Crippen molar-refractivity contribution in [1.29, 1.82) is 0 Å². The Labute approximate surface area is 155 Å². The normalized spacial score (nSPS) is 27.2. The van der Waals surface area contributed by atoms with Gasteiger partial charge in [-0.3, -0.25) is 4.79 Å². The Morgan fingerprint density at radius 2 is 2.04 bits per heavy atom. The van der Waals surface area contributed by atoms with Crippen molar-refractivity contribution >= 4 is 28.0 Å². The molecule has 26 heavy (non-hydrogen) atoms. The average Bonchev–Trinajstić information content (AvgIpc) is 2.57. The highest BCUT2D eigenvalue weighted by atomic mass is 32.2. The lowest BCUT2D eigenvalue weighted by Crippen LogP contribution is -2.41. The minimum Gasteiger partial charge on any atom is -0.461 e. The second-order valence-corrected chi connectivity index (χ2v) is 9.48. The molecule has 3 rings (SSSR count). The molecule has 0 radical (unpaired) electrons. The maximum Gasteiger partial charge on any atom is 0.327 e. The number of rotatable bonds is 4. The largest absolute Gasteiger partial charge is 0.461 e. The van der Waals surface area contributed by atoms with Crippen LogP contribution < -0.4 is 0 Å². The van der Waals surface area contributed by atoms with Crippen LogP contribution in [0.25, 0.3) is 0 Å². The number of nitrogens with zero attached hydrogens (tertiary/aromatic N) is 2. The number of hydrogen-bond acceptors (Lipinski definition) is 5. The smallest absolute Gasteiger partial charge is 0.327 e. The molecule has 0 spiro atoms. The number of ether oxygens (including phenoxy) is 1. The first-order chi connectivity index (χ1) is 12.3. The van der Waals surface area contributed by atoms with E-state index in [2.05, 4.69) is 25.8 Å². The van der Waals surface area contributed by atoms with Gasteiger partial charge in [0.1, 0.15) is 23.9 Å². The van der Waals surface area contributed by atoms with Gasteiger partial charge in [0.15, 0.2) is 0 Å². The molecule has 0 amide bonds. The number of carbonyl (C=O) groups excluding carboxylic acids is 1. The van der Waals surface area contributed by atoms with E-state index in [1.165, 1.54) is 12.4 Å². The van der Waals surface area contributed by atoms with Crippen molar-refractivity contribution in [2.24, 2.45) is 22.7 Å². The molecular formula is C19H26N2O4S. The fourth-order valence-electron chi connectivity index (χ4n) is 3.81. The summed E-state index contributed by atoms with van der Waals surface area (Å²) in [5.74, 6) is 0.731. The van der Waals surface area contributed by atoms with Gasteiger partial charge in [-0.05, 0) is 42.7 Å². The van der Waals surface area contributed by atoms with Crippen LogP contribution in [0.1, 0.15) is 40.0 Å². The van der Waals surface area contributed by atoms with Crippen molar-refractivity contribution in [3.8, 4) is 0 Å². The highest BCUT2D eigenvalue weighted by molar-refractivity contribution is 7.89. The first kappa shape index (κ1) is 18.9. The Hall–Kier alpha value is -1.89. The Morgan fingerprint density at radius 1 is 1.31 bits per heavy atom. The van der Waals surface area contributed by atoms with Crippen LogP contribution in [-0.4, -0.2) is 37.7 Å². The van der Waals surface area contributed by atoms with E-state index in [0.29, 0.717) is 23.4 Å². The Balaban J connectivity index is 1.70. The summed E-state index contributed by atoms with van der Waals surface area (Å²) >= 11 is 0. The number of hydrogen-bond donors (Lipinski definition) is 0. The van der Waals surface area contributed by atoms with Crippen LogP contribution in [0, 0.1) is 17.8 Å². The Morgan fingerprint density at radius 3 is 2.77 bits per heavy atom. The summed E-state index contributed by atoms with van der Waals surface area (Å²) in [6, 6.07) is 6.50. The monoisotopic (exact) mass is 378 g/mol. The Bertz CT molecular complexity index is 804. The molecule has 7 heteroatoms. The van der Waals surface area contributed by atoms with Crippen LogP contribution in [0.4, 0.5) is 5.69 Å². The molecule has 1 fully saturated rings. The van der Waals surface area contributed by atoms with E-state index in [0.717, 1.165) is 23.6 Å². The van der Waals surface area contributed by atoms with Gasteiger partial charge in [0.05, 0.1) is 5.69 Å². The molecule has 2 aliphatic rings. The highest BCUT2D eigenvalue weighted by Crippen LogP contribution is 2.35. The van der Waals surface area contributed by atoms with Crippen molar-refractivity contribution in [3.05, 3.63) is 24.3 Å². The van der Waals surface area contributed by atoms with Crippen molar-refractivity contribution in [2.75, 3.05) is 6.54 Å². The molecule has 1 aliphatic carbocycles. The van der Waals surface area contributed by atoms with Crippen molar-refractivity contribution in [3.63, 3.8) is 0 Å². The zero-order valence-electron chi connectivity index (χ0n) is 15.5. The van der Waals surface area contributed by atoms with E-state index >= 15 is 0 Å². The van der Waals surface area contributed by atoms with Crippen LogP contribution in [-0.2, 0) is 19.6 Å². The number of carbonyl (C=O) groups is 1. The third kappa shape index (κ3) is 3.77. The summed E-state index contributed by atoms with van der Waals surface area (Å²) in [6.45, 7) is 6.09. The number of sulfonamides is 1. The maximum absolute atomic E-state index is 12.7. The fraction of sp³-hybridized carbons (Fsp3) is 0.579. The first-order valence-electron chi connectivity index (χ1n) is 9.13. The van der Waals surface area contributed by atoms with Gasteiger partial charge in [0.25, 0.3) is 10.0 Å². The molecule has 0 unspecified atom stereocenters. The second kappa shape index (κ2) is 7.39. The van der Waals surface area contributed by atoms with Crippen molar-refractivity contribution in [1.82, 2.24) is 4.31 Å². The minimum atomic E-state index is -3.78. The van der Waals surface area contributed by atoms with Gasteiger partial charge in [-0.15, -0.1) is 0 Å². The summed E-state index contributed by atoms with van der Waals surface area (Å²) in [5, 5.41) is 0. The maximum atomic E-state index is 12.7. The lowest BCUT2D eigenvalue weighted by molar-refractivity contribution is -0.155. The van der Waals surface area contributed by atoms with E-state index < -0.39 is 16.0 Å². The van der Waals surface area contributed by atoms with Crippen molar-refractivity contribution in [2.45, 2.75) is 51.0 Å². The molecule has 0 N–H and O–H groups in total. The molecule has 3 atom stereocenters. The third-order valence-corrected chi connectivity index (χ3v) is 7.05. The molecule has 1 saturated carbocycles. The highest BCUT2D eigenvalue weighted by Gasteiger charge is 2.35. The molecule has 1 heterocycles. The first-order valence-corrected chi connectivity index (χ1v) is 10.6. The van der Waals surface area contributed by atoms with E-state index in [-0.39, 0.29) is 17.5 Å². The van der Waals surface area contributed by atoms with Crippen LogP contribution in [0.15, 0.2) is 34.2 Å². The van der Waals surface area contributed by atoms with Gasteiger partial charge in [0.2, 0.25) is 0 Å². The number of benzene rings is 1. The van der Waals surface area contributed by atoms with Crippen molar-refractivity contribution < 1.29 is 17.9 Å². The van der Waals surface area contributed by atoms with E-state index in [9.17, 15) is 13.2 Å². The standard InChI is InChI=1S/C19H26N2O4S/c1-13(2)15-9-8-14(3)10-17(15)25-19(22)11-21-12-20-16-6-4-5-7-18(16)26(21,23)24/h4-7,12-15,17H,8-11H2,1-3H3/t14-,15+,17+/m1/s1. The number of fused-ring (bicyclic) bond motifs is 1. The minimum absolute atomic E-state index is 0.113. The zero-order chi connectivity index (χ0) is 18.9. The average molecular weight is 378 g/mol. The molecule has 6 nitrogen and oxygen atoms in total. The zero-order valence-corrected chi connectivity index (χ0v) is 16.3.